The molecule has 6 nitrogen and oxygen atoms in total. The van der Waals surface area contributed by atoms with Crippen molar-refractivity contribution >= 4 is 11.4 Å². The van der Waals surface area contributed by atoms with Gasteiger partial charge >= 0.3 is 0 Å². The van der Waals surface area contributed by atoms with Gasteiger partial charge in [0.2, 0.25) is 0 Å². The van der Waals surface area contributed by atoms with E-state index < -0.39 is 0 Å². The van der Waals surface area contributed by atoms with Gasteiger partial charge in [-0.3, -0.25) is 9.59 Å². The SMILES string of the molecule is Cc1ccccc1C(=O)NCCn1ccn2nc(-c3ccc(F)cc3)cc2c1=O. The van der Waals surface area contributed by atoms with E-state index in [2.05, 4.69) is 10.4 Å². The fourth-order valence-electron chi connectivity index (χ4n) is 3.18. The topological polar surface area (TPSA) is 68.4 Å². The van der Waals surface area contributed by atoms with Crippen LogP contribution in [0.5, 0.6) is 0 Å². The van der Waals surface area contributed by atoms with Gasteiger partial charge in [0, 0.05) is 36.6 Å². The molecule has 0 saturated heterocycles. The number of aryl methyl sites for hydroxylation is 1. The van der Waals surface area contributed by atoms with Crippen molar-refractivity contribution in [3.05, 3.63) is 94.3 Å². The molecule has 0 unspecified atom stereocenters. The molecule has 1 N–H and O–H groups in total. The Morgan fingerprint density at radius 1 is 1.10 bits per heavy atom. The van der Waals surface area contributed by atoms with Crippen molar-refractivity contribution in [3.8, 4) is 11.3 Å². The van der Waals surface area contributed by atoms with Crippen LogP contribution in [0.2, 0.25) is 0 Å². The number of rotatable bonds is 5. The van der Waals surface area contributed by atoms with Gasteiger partial charge in [0.1, 0.15) is 11.3 Å². The number of nitrogens with zero attached hydrogens (tertiary/aromatic N) is 3. The number of carbonyl (C=O) groups is 1. The molecule has 29 heavy (non-hydrogen) atoms. The first-order chi connectivity index (χ1) is 14.0. The highest BCUT2D eigenvalue weighted by Gasteiger charge is 2.11. The van der Waals surface area contributed by atoms with E-state index in [9.17, 15) is 14.0 Å². The molecule has 2 aromatic heterocycles. The third-order valence-corrected chi connectivity index (χ3v) is 4.77. The second-order valence-corrected chi connectivity index (χ2v) is 6.73. The number of halogens is 1. The van der Waals surface area contributed by atoms with Crippen LogP contribution in [0.3, 0.4) is 0 Å². The van der Waals surface area contributed by atoms with E-state index in [-0.39, 0.29) is 17.3 Å². The molecule has 0 aliphatic rings. The predicted octanol–water partition coefficient (Wildman–Crippen LogP) is 3.04. The molecule has 146 valence electrons. The Hall–Kier alpha value is -3.74. The highest BCUT2D eigenvalue weighted by molar-refractivity contribution is 5.95. The molecular formula is C22H19FN4O2. The number of carbonyl (C=O) groups excluding carboxylic acids is 1. The van der Waals surface area contributed by atoms with Gasteiger partial charge in [-0.2, -0.15) is 5.10 Å². The van der Waals surface area contributed by atoms with Crippen LogP contribution < -0.4 is 10.9 Å². The van der Waals surface area contributed by atoms with E-state index in [0.717, 1.165) is 11.1 Å². The van der Waals surface area contributed by atoms with Crippen molar-refractivity contribution in [2.75, 3.05) is 6.54 Å². The second kappa shape index (κ2) is 7.71. The summed E-state index contributed by atoms with van der Waals surface area (Å²) in [7, 11) is 0. The third-order valence-electron chi connectivity index (χ3n) is 4.77. The van der Waals surface area contributed by atoms with Crippen molar-refractivity contribution in [1.82, 2.24) is 19.5 Å². The molecule has 0 aliphatic carbocycles. The summed E-state index contributed by atoms with van der Waals surface area (Å²) < 4.78 is 16.2. The fraction of sp³-hybridized carbons (Fsp3) is 0.136. The van der Waals surface area contributed by atoms with Gasteiger partial charge < -0.3 is 9.88 Å². The minimum absolute atomic E-state index is 0.167. The lowest BCUT2D eigenvalue weighted by Gasteiger charge is -2.09. The van der Waals surface area contributed by atoms with Crippen LogP contribution in [0.25, 0.3) is 16.8 Å². The Kier molecular flexibility index (Phi) is 4.95. The van der Waals surface area contributed by atoms with E-state index in [1.165, 1.54) is 21.2 Å². The van der Waals surface area contributed by atoms with Gasteiger partial charge in [-0.05, 0) is 48.9 Å². The average Bonchev–Trinajstić information content (AvgIpc) is 3.16. The van der Waals surface area contributed by atoms with Crippen molar-refractivity contribution in [2.24, 2.45) is 0 Å². The molecule has 0 bridgehead atoms. The number of nitrogens with one attached hydrogen (secondary N) is 1. The molecule has 4 rings (SSSR count). The van der Waals surface area contributed by atoms with E-state index in [1.54, 1.807) is 36.7 Å². The van der Waals surface area contributed by atoms with Gasteiger partial charge in [0.15, 0.2) is 0 Å². The highest BCUT2D eigenvalue weighted by Crippen LogP contribution is 2.18. The first kappa shape index (κ1) is 18.6. The van der Waals surface area contributed by atoms with E-state index >= 15 is 0 Å². The maximum absolute atomic E-state index is 13.1. The smallest absolute Gasteiger partial charge is 0.276 e. The zero-order valence-corrected chi connectivity index (χ0v) is 15.8. The molecule has 1 amide bonds. The summed E-state index contributed by atoms with van der Waals surface area (Å²) in [6.45, 7) is 2.54. The molecule has 2 aromatic carbocycles. The minimum atomic E-state index is -0.326. The number of hydrogen-bond donors (Lipinski definition) is 1. The average molecular weight is 390 g/mol. The summed E-state index contributed by atoms with van der Waals surface area (Å²) in [4.78, 5) is 25.1. The molecule has 4 aromatic rings. The lowest BCUT2D eigenvalue weighted by atomic mass is 10.1. The molecule has 0 saturated carbocycles. The summed E-state index contributed by atoms with van der Waals surface area (Å²) in [5.74, 6) is -0.493. The van der Waals surface area contributed by atoms with E-state index in [0.29, 0.717) is 29.9 Å². The molecule has 0 fully saturated rings. The molecule has 2 heterocycles. The number of hydrogen-bond acceptors (Lipinski definition) is 3. The Morgan fingerprint density at radius 3 is 2.62 bits per heavy atom. The van der Waals surface area contributed by atoms with E-state index in [4.69, 9.17) is 0 Å². The lowest BCUT2D eigenvalue weighted by molar-refractivity contribution is 0.0951. The summed E-state index contributed by atoms with van der Waals surface area (Å²) in [5.41, 5.74) is 3.04. The maximum atomic E-state index is 13.1. The van der Waals surface area contributed by atoms with Crippen molar-refractivity contribution in [2.45, 2.75) is 13.5 Å². The highest BCUT2D eigenvalue weighted by atomic mass is 19.1. The Morgan fingerprint density at radius 2 is 1.86 bits per heavy atom. The third kappa shape index (κ3) is 3.80. The van der Waals surface area contributed by atoms with Gasteiger partial charge in [-0.1, -0.05) is 18.2 Å². The summed E-state index contributed by atoms with van der Waals surface area (Å²) in [5, 5.41) is 7.23. The first-order valence-electron chi connectivity index (χ1n) is 9.21. The summed E-state index contributed by atoms with van der Waals surface area (Å²) >= 11 is 0. The molecule has 7 heteroatoms. The zero-order chi connectivity index (χ0) is 20.4. The molecule has 0 atom stereocenters. The van der Waals surface area contributed by atoms with Gasteiger partial charge in [-0.15, -0.1) is 0 Å². The summed E-state index contributed by atoms with van der Waals surface area (Å²) in [6.07, 6.45) is 3.32. The lowest BCUT2D eigenvalue weighted by Crippen LogP contribution is -2.31. The standard InChI is InChI=1S/C22H19FN4O2/c1-15-4-2-3-5-18(15)21(28)24-10-11-26-12-13-27-20(22(26)29)14-19(25-27)16-6-8-17(23)9-7-16/h2-9,12-14H,10-11H2,1H3,(H,24,28). The molecule has 0 spiro atoms. The number of amides is 1. The Balaban J connectivity index is 1.50. The minimum Gasteiger partial charge on any atom is -0.350 e. The molecular weight excluding hydrogens is 371 g/mol. The molecule has 0 radical (unpaired) electrons. The monoisotopic (exact) mass is 390 g/mol. The predicted molar refractivity (Wildman–Crippen MR) is 108 cm³/mol. The van der Waals surface area contributed by atoms with Crippen LogP contribution in [-0.2, 0) is 6.54 Å². The quantitative estimate of drug-likeness (QED) is 0.570. The van der Waals surface area contributed by atoms with Crippen LogP contribution in [0.4, 0.5) is 4.39 Å². The Labute approximate surface area is 166 Å². The van der Waals surface area contributed by atoms with Crippen LogP contribution in [0.15, 0.2) is 71.8 Å². The normalized spacial score (nSPS) is 11.0. The van der Waals surface area contributed by atoms with Gasteiger partial charge in [0.25, 0.3) is 11.5 Å². The maximum Gasteiger partial charge on any atom is 0.276 e. The zero-order valence-electron chi connectivity index (χ0n) is 15.8. The molecule has 0 aliphatic heterocycles. The van der Waals surface area contributed by atoms with E-state index in [1.807, 2.05) is 25.1 Å². The van der Waals surface area contributed by atoms with Crippen LogP contribution >= 0.6 is 0 Å². The number of aromatic nitrogens is 3. The van der Waals surface area contributed by atoms with Crippen molar-refractivity contribution < 1.29 is 9.18 Å². The van der Waals surface area contributed by atoms with Gasteiger partial charge in [0.05, 0.1) is 5.69 Å². The first-order valence-corrected chi connectivity index (χ1v) is 9.21. The summed E-state index contributed by atoms with van der Waals surface area (Å²) in [6, 6.07) is 15.0. The number of fused-ring (bicyclic) bond motifs is 1. The fourth-order valence-corrected chi connectivity index (χ4v) is 3.18. The van der Waals surface area contributed by atoms with Crippen LogP contribution in [-0.4, -0.2) is 26.6 Å². The van der Waals surface area contributed by atoms with Crippen molar-refractivity contribution in [1.29, 1.82) is 0 Å². The Bertz CT molecular complexity index is 1240. The second-order valence-electron chi connectivity index (χ2n) is 6.73. The largest absolute Gasteiger partial charge is 0.350 e. The van der Waals surface area contributed by atoms with Crippen LogP contribution in [0, 0.1) is 12.7 Å². The van der Waals surface area contributed by atoms with Crippen LogP contribution in [0.1, 0.15) is 15.9 Å². The van der Waals surface area contributed by atoms with Gasteiger partial charge in [-0.25, -0.2) is 8.91 Å². The number of benzene rings is 2. The van der Waals surface area contributed by atoms with Crippen molar-refractivity contribution in [3.63, 3.8) is 0 Å².